The zero-order valence-corrected chi connectivity index (χ0v) is 16.4. The quantitative estimate of drug-likeness (QED) is 0.345. The molecule has 0 atom stereocenters. The number of aromatic hydroxyl groups is 1. The van der Waals surface area contributed by atoms with Gasteiger partial charge in [-0.05, 0) is 54.7 Å². The molecule has 0 fully saturated rings. The molecule has 0 amide bonds. The number of allylic oxidation sites excluding steroid dienone is 1. The molecule has 0 aliphatic rings. The van der Waals surface area contributed by atoms with Gasteiger partial charge in [-0.15, -0.1) is 6.58 Å². The Hall–Kier alpha value is -2.26. The average Bonchev–Trinajstić information content (AvgIpc) is 2.59. The van der Waals surface area contributed by atoms with E-state index in [0.717, 1.165) is 29.8 Å². The average molecular weight is 372 g/mol. The highest BCUT2D eigenvalue weighted by molar-refractivity contribution is 6.31. The van der Waals surface area contributed by atoms with Crippen molar-refractivity contribution in [2.75, 3.05) is 6.61 Å². The molecule has 2 aromatic carbocycles. The number of nitrogens with zero attached hydrogens (tertiary/aromatic N) is 1. The van der Waals surface area contributed by atoms with Gasteiger partial charge in [-0.2, -0.15) is 0 Å². The molecule has 138 valence electrons. The molecule has 0 aromatic heterocycles. The Morgan fingerprint density at radius 3 is 2.50 bits per heavy atom. The van der Waals surface area contributed by atoms with E-state index in [0.29, 0.717) is 17.2 Å². The molecule has 4 heteroatoms. The fraction of sp³-hybridized carbons (Fsp3) is 0.318. The molecule has 0 unspecified atom stereocenters. The van der Waals surface area contributed by atoms with Crippen LogP contribution in [0.3, 0.4) is 0 Å². The van der Waals surface area contributed by atoms with Crippen LogP contribution in [0.1, 0.15) is 44.7 Å². The fourth-order valence-electron chi connectivity index (χ4n) is 2.48. The summed E-state index contributed by atoms with van der Waals surface area (Å²) in [5.41, 5.74) is 1.98. The van der Waals surface area contributed by atoms with Gasteiger partial charge in [0.05, 0.1) is 12.3 Å². The summed E-state index contributed by atoms with van der Waals surface area (Å²) in [4.78, 5) is 4.44. The van der Waals surface area contributed by atoms with Gasteiger partial charge in [0.1, 0.15) is 11.5 Å². The predicted octanol–water partition coefficient (Wildman–Crippen LogP) is 6.44. The number of rotatable bonds is 7. The normalized spacial score (nSPS) is 11.7. The van der Waals surface area contributed by atoms with Crippen molar-refractivity contribution in [2.45, 2.75) is 39.0 Å². The molecule has 2 rings (SSSR count). The van der Waals surface area contributed by atoms with Crippen molar-refractivity contribution in [3.63, 3.8) is 0 Å². The van der Waals surface area contributed by atoms with Gasteiger partial charge in [0.15, 0.2) is 0 Å². The Bertz CT molecular complexity index is 774. The van der Waals surface area contributed by atoms with E-state index in [1.165, 1.54) is 0 Å². The first-order chi connectivity index (χ1) is 12.3. The second kappa shape index (κ2) is 8.91. The van der Waals surface area contributed by atoms with E-state index in [1.54, 1.807) is 18.3 Å². The summed E-state index contributed by atoms with van der Waals surface area (Å²) in [5.74, 6) is 1.03. The predicted molar refractivity (Wildman–Crippen MR) is 110 cm³/mol. The maximum Gasteiger partial charge on any atom is 0.128 e. The van der Waals surface area contributed by atoms with Crippen LogP contribution in [-0.4, -0.2) is 17.9 Å². The van der Waals surface area contributed by atoms with Crippen LogP contribution in [0.5, 0.6) is 11.5 Å². The number of ether oxygens (including phenoxy) is 1. The largest absolute Gasteiger partial charge is 0.507 e. The van der Waals surface area contributed by atoms with Crippen LogP contribution in [0.4, 0.5) is 5.69 Å². The monoisotopic (exact) mass is 371 g/mol. The summed E-state index contributed by atoms with van der Waals surface area (Å²) in [6.07, 6.45) is 5.42. The zero-order valence-electron chi connectivity index (χ0n) is 15.6. The van der Waals surface area contributed by atoms with E-state index in [2.05, 4.69) is 11.6 Å². The molecule has 26 heavy (non-hydrogen) atoms. The van der Waals surface area contributed by atoms with E-state index in [9.17, 15) is 5.11 Å². The van der Waals surface area contributed by atoms with E-state index in [-0.39, 0.29) is 11.2 Å². The van der Waals surface area contributed by atoms with Crippen molar-refractivity contribution in [3.8, 4) is 11.5 Å². The van der Waals surface area contributed by atoms with Crippen molar-refractivity contribution >= 4 is 23.5 Å². The smallest absolute Gasteiger partial charge is 0.128 e. The number of aliphatic imine (C=N–C) groups is 1. The first-order valence-corrected chi connectivity index (χ1v) is 9.10. The summed E-state index contributed by atoms with van der Waals surface area (Å²) in [6, 6.07) is 11.1. The van der Waals surface area contributed by atoms with Crippen LogP contribution >= 0.6 is 11.6 Å². The van der Waals surface area contributed by atoms with Gasteiger partial charge in [0.25, 0.3) is 0 Å². The Labute approximate surface area is 161 Å². The second-order valence-electron chi connectivity index (χ2n) is 7.17. The molecular formula is C22H26ClNO2. The third-order valence-electron chi connectivity index (χ3n) is 3.92. The third kappa shape index (κ3) is 5.63. The number of unbranched alkanes of at least 4 members (excludes halogenated alkanes) is 1. The minimum absolute atomic E-state index is 0.206. The van der Waals surface area contributed by atoms with Crippen LogP contribution in [0.2, 0.25) is 5.02 Å². The van der Waals surface area contributed by atoms with E-state index < -0.39 is 0 Å². The molecule has 2 aromatic rings. The summed E-state index contributed by atoms with van der Waals surface area (Å²) >= 11 is 6.21. The van der Waals surface area contributed by atoms with Crippen molar-refractivity contribution < 1.29 is 9.84 Å². The maximum absolute atomic E-state index is 10.5. The minimum atomic E-state index is -0.206. The van der Waals surface area contributed by atoms with E-state index >= 15 is 0 Å². The molecule has 0 aliphatic heterocycles. The van der Waals surface area contributed by atoms with Crippen LogP contribution in [0.25, 0.3) is 0 Å². The molecule has 0 radical (unpaired) electrons. The lowest BCUT2D eigenvalue weighted by atomic mass is 9.85. The third-order valence-corrected chi connectivity index (χ3v) is 4.14. The Morgan fingerprint density at radius 1 is 1.19 bits per heavy atom. The Morgan fingerprint density at radius 2 is 1.88 bits per heavy atom. The second-order valence-corrected chi connectivity index (χ2v) is 7.61. The molecule has 0 saturated carbocycles. The first-order valence-electron chi connectivity index (χ1n) is 8.72. The van der Waals surface area contributed by atoms with Crippen LogP contribution in [0, 0.1) is 0 Å². The van der Waals surface area contributed by atoms with E-state index in [4.69, 9.17) is 16.3 Å². The summed E-state index contributed by atoms with van der Waals surface area (Å²) in [6.45, 7) is 10.5. The van der Waals surface area contributed by atoms with E-state index in [1.807, 2.05) is 51.1 Å². The van der Waals surface area contributed by atoms with Crippen molar-refractivity contribution in [2.24, 2.45) is 4.99 Å². The lowest BCUT2D eigenvalue weighted by Gasteiger charge is -2.21. The maximum atomic E-state index is 10.5. The van der Waals surface area contributed by atoms with Crippen molar-refractivity contribution in [1.29, 1.82) is 0 Å². The molecule has 0 saturated heterocycles. The molecule has 3 nitrogen and oxygen atoms in total. The number of hydrogen-bond donors (Lipinski definition) is 1. The van der Waals surface area contributed by atoms with Crippen LogP contribution in [0.15, 0.2) is 54.0 Å². The molecule has 0 spiro atoms. The Kier molecular flexibility index (Phi) is 6.87. The van der Waals surface area contributed by atoms with Crippen LogP contribution < -0.4 is 4.74 Å². The zero-order chi connectivity index (χ0) is 19.2. The van der Waals surface area contributed by atoms with Gasteiger partial charge in [-0.3, -0.25) is 4.99 Å². The van der Waals surface area contributed by atoms with Crippen molar-refractivity contribution in [3.05, 3.63) is 65.2 Å². The highest BCUT2D eigenvalue weighted by Crippen LogP contribution is 2.35. The number of phenolic OH excluding ortho intramolecular Hbond substituents is 1. The van der Waals surface area contributed by atoms with Gasteiger partial charge < -0.3 is 9.84 Å². The molecular weight excluding hydrogens is 346 g/mol. The standard InChI is InChI=1S/C22H26ClNO2/c1-5-6-7-12-26-19-10-8-18(9-11-19)24-15-16-13-17(23)14-20(21(16)25)22(2,3)4/h5,8-11,13-15,25H,1,6-7,12H2,2-4H3. The number of phenols is 1. The highest BCUT2D eigenvalue weighted by Gasteiger charge is 2.20. The van der Waals surface area contributed by atoms with Crippen molar-refractivity contribution in [1.82, 2.24) is 0 Å². The van der Waals surface area contributed by atoms with Gasteiger partial charge >= 0.3 is 0 Å². The topological polar surface area (TPSA) is 41.8 Å². The van der Waals surface area contributed by atoms with Gasteiger partial charge in [-0.25, -0.2) is 0 Å². The lowest BCUT2D eigenvalue weighted by molar-refractivity contribution is 0.312. The molecule has 0 heterocycles. The number of halogens is 1. The minimum Gasteiger partial charge on any atom is -0.507 e. The molecule has 0 aliphatic carbocycles. The lowest BCUT2D eigenvalue weighted by Crippen LogP contribution is -2.12. The Balaban J connectivity index is 2.12. The van der Waals surface area contributed by atoms with Gasteiger partial charge in [0, 0.05) is 22.4 Å². The van der Waals surface area contributed by atoms with Crippen LogP contribution in [-0.2, 0) is 5.41 Å². The summed E-state index contributed by atoms with van der Waals surface area (Å²) < 4.78 is 5.66. The number of benzene rings is 2. The highest BCUT2D eigenvalue weighted by atomic mass is 35.5. The molecule has 0 bridgehead atoms. The fourth-order valence-corrected chi connectivity index (χ4v) is 2.71. The first kappa shape index (κ1) is 20.1. The number of hydrogen-bond acceptors (Lipinski definition) is 3. The van der Waals surface area contributed by atoms with Gasteiger partial charge in [-0.1, -0.05) is 38.4 Å². The van der Waals surface area contributed by atoms with Gasteiger partial charge in [0.2, 0.25) is 0 Å². The molecule has 1 N–H and O–H groups in total. The summed E-state index contributed by atoms with van der Waals surface area (Å²) in [7, 11) is 0. The summed E-state index contributed by atoms with van der Waals surface area (Å²) in [5, 5.41) is 11.1. The SMILES string of the molecule is C=CCCCOc1ccc(N=Cc2cc(Cl)cc(C(C)(C)C)c2O)cc1.